The first-order valence-electron chi connectivity index (χ1n) is 6.42. The molecule has 0 aromatic heterocycles. The minimum Gasteiger partial charge on any atom is -0.371 e. The lowest BCUT2D eigenvalue weighted by Gasteiger charge is -2.20. The Kier molecular flexibility index (Phi) is 4.73. The first kappa shape index (κ1) is 13.1. The molecule has 1 saturated heterocycles. The molecule has 2 rings (SSSR count). The highest BCUT2D eigenvalue weighted by Gasteiger charge is 2.30. The number of carbonyl (C=O) groups is 1. The lowest BCUT2D eigenvalue weighted by Crippen LogP contribution is -2.37. The largest absolute Gasteiger partial charge is 0.371 e. The van der Waals surface area contributed by atoms with Gasteiger partial charge in [-0.3, -0.25) is 4.79 Å². The van der Waals surface area contributed by atoms with Gasteiger partial charge in [0.25, 0.3) is 0 Å². The quantitative estimate of drug-likeness (QED) is 0.824. The van der Waals surface area contributed by atoms with Gasteiger partial charge in [-0.25, -0.2) is 0 Å². The van der Waals surface area contributed by atoms with E-state index in [2.05, 4.69) is 10.6 Å². The molecule has 1 aliphatic rings. The highest BCUT2D eigenvalue weighted by Crippen LogP contribution is 2.28. The second-order valence-electron chi connectivity index (χ2n) is 4.52. The second kappa shape index (κ2) is 6.52. The molecule has 1 amide bonds. The molecule has 98 valence electrons. The number of nitrogens with one attached hydrogen (secondary N) is 2. The highest BCUT2D eigenvalue weighted by atomic mass is 16.5. The van der Waals surface area contributed by atoms with Gasteiger partial charge in [-0.1, -0.05) is 30.3 Å². The van der Waals surface area contributed by atoms with Crippen molar-refractivity contribution < 1.29 is 9.53 Å². The summed E-state index contributed by atoms with van der Waals surface area (Å²) >= 11 is 0. The maximum atomic E-state index is 11.7. The van der Waals surface area contributed by atoms with Gasteiger partial charge in [0.05, 0.1) is 6.04 Å². The topological polar surface area (TPSA) is 50.4 Å². The minimum absolute atomic E-state index is 0.00950. The zero-order valence-corrected chi connectivity index (χ0v) is 10.7. The summed E-state index contributed by atoms with van der Waals surface area (Å²) in [5.74, 6) is 0.0841. The third kappa shape index (κ3) is 3.31. The van der Waals surface area contributed by atoms with Gasteiger partial charge in [-0.15, -0.1) is 0 Å². The number of amides is 1. The summed E-state index contributed by atoms with van der Waals surface area (Å²) in [6.07, 6.45) is 1.38. The number of hydrogen-bond acceptors (Lipinski definition) is 3. The molecule has 4 heteroatoms. The van der Waals surface area contributed by atoms with E-state index in [9.17, 15) is 4.79 Å². The van der Waals surface area contributed by atoms with Crippen molar-refractivity contribution in [2.45, 2.75) is 25.0 Å². The van der Waals surface area contributed by atoms with E-state index in [1.54, 1.807) is 0 Å². The average Bonchev–Trinajstić information content (AvgIpc) is 2.85. The van der Waals surface area contributed by atoms with Crippen molar-refractivity contribution in [3.05, 3.63) is 35.9 Å². The molecule has 18 heavy (non-hydrogen) atoms. The Morgan fingerprint density at radius 2 is 2.17 bits per heavy atom. The standard InChI is InChI=1S/C14H20N2O2/c1-15-9-7-13(17)16-12-8-10-18-14(12)11-5-3-2-4-6-11/h2-6,12,14-15H,7-10H2,1H3,(H,16,17). The van der Waals surface area contributed by atoms with Gasteiger partial charge in [0.15, 0.2) is 0 Å². The molecule has 1 heterocycles. The maximum Gasteiger partial charge on any atom is 0.221 e. The Balaban J connectivity index is 1.94. The van der Waals surface area contributed by atoms with Gasteiger partial charge in [0.1, 0.15) is 6.10 Å². The fourth-order valence-corrected chi connectivity index (χ4v) is 2.23. The zero-order chi connectivity index (χ0) is 12.8. The Morgan fingerprint density at radius 3 is 2.89 bits per heavy atom. The number of benzene rings is 1. The van der Waals surface area contributed by atoms with E-state index in [0.717, 1.165) is 12.0 Å². The molecule has 0 saturated carbocycles. The first-order chi connectivity index (χ1) is 8.81. The van der Waals surface area contributed by atoms with Crippen molar-refractivity contribution in [3.8, 4) is 0 Å². The molecule has 2 unspecified atom stereocenters. The van der Waals surface area contributed by atoms with Crippen LogP contribution in [0.15, 0.2) is 30.3 Å². The Labute approximate surface area is 108 Å². The van der Waals surface area contributed by atoms with Crippen LogP contribution in [0.25, 0.3) is 0 Å². The minimum atomic E-state index is -0.00950. The van der Waals surface area contributed by atoms with Crippen LogP contribution in [0.2, 0.25) is 0 Å². The van der Waals surface area contributed by atoms with Gasteiger partial charge >= 0.3 is 0 Å². The summed E-state index contributed by atoms with van der Waals surface area (Å²) in [7, 11) is 1.85. The van der Waals surface area contributed by atoms with Crippen LogP contribution in [0.5, 0.6) is 0 Å². The van der Waals surface area contributed by atoms with Crippen LogP contribution in [0.4, 0.5) is 0 Å². The van der Waals surface area contributed by atoms with Gasteiger partial charge in [-0.05, 0) is 19.0 Å². The number of rotatable bonds is 5. The third-order valence-corrected chi connectivity index (χ3v) is 3.17. The average molecular weight is 248 g/mol. The normalized spacial score (nSPS) is 22.9. The number of ether oxygens (including phenoxy) is 1. The number of carbonyl (C=O) groups excluding carboxylic acids is 1. The van der Waals surface area contributed by atoms with Gasteiger partial charge in [0, 0.05) is 19.6 Å². The van der Waals surface area contributed by atoms with E-state index in [4.69, 9.17) is 4.74 Å². The first-order valence-corrected chi connectivity index (χ1v) is 6.42. The van der Waals surface area contributed by atoms with E-state index in [-0.39, 0.29) is 18.1 Å². The van der Waals surface area contributed by atoms with Gasteiger partial charge < -0.3 is 15.4 Å². The molecule has 4 nitrogen and oxygen atoms in total. The van der Waals surface area contributed by atoms with E-state index < -0.39 is 0 Å². The molecule has 0 bridgehead atoms. The summed E-state index contributed by atoms with van der Waals surface area (Å²) in [5, 5.41) is 6.03. The van der Waals surface area contributed by atoms with Crippen molar-refractivity contribution in [3.63, 3.8) is 0 Å². The van der Waals surface area contributed by atoms with Crippen LogP contribution in [-0.2, 0) is 9.53 Å². The van der Waals surface area contributed by atoms with Crippen molar-refractivity contribution in [1.29, 1.82) is 0 Å². The van der Waals surface area contributed by atoms with Crippen LogP contribution in [-0.4, -0.2) is 32.1 Å². The van der Waals surface area contributed by atoms with Crippen LogP contribution < -0.4 is 10.6 Å². The smallest absolute Gasteiger partial charge is 0.221 e. The molecule has 0 aliphatic carbocycles. The Bertz CT molecular complexity index is 381. The molecular weight excluding hydrogens is 228 g/mol. The second-order valence-corrected chi connectivity index (χ2v) is 4.52. The molecule has 1 aromatic carbocycles. The lowest BCUT2D eigenvalue weighted by atomic mass is 10.0. The monoisotopic (exact) mass is 248 g/mol. The van der Waals surface area contributed by atoms with Crippen LogP contribution >= 0.6 is 0 Å². The predicted octanol–water partition coefficient (Wildman–Crippen LogP) is 1.24. The van der Waals surface area contributed by atoms with Crippen molar-refractivity contribution in [2.75, 3.05) is 20.2 Å². The van der Waals surface area contributed by atoms with E-state index in [1.807, 2.05) is 37.4 Å². The summed E-state index contributed by atoms with van der Waals surface area (Å²) in [6, 6.07) is 10.2. The zero-order valence-electron chi connectivity index (χ0n) is 10.7. The Hall–Kier alpha value is -1.39. The maximum absolute atomic E-state index is 11.7. The van der Waals surface area contributed by atoms with E-state index in [0.29, 0.717) is 19.6 Å². The molecule has 2 N–H and O–H groups in total. The molecule has 0 radical (unpaired) electrons. The number of hydrogen-bond donors (Lipinski definition) is 2. The fourth-order valence-electron chi connectivity index (χ4n) is 2.23. The van der Waals surface area contributed by atoms with Crippen molar-refractivity contribution >= 4 is 5.91 Å². The third-order valence-electron chi connectivity index (χ3n) is 3.17. The summed E-state index contributed by atoms with van der Waals surface area (Å²) < 4.78 is 5.73. The molecule has 1 aromatic rings. The summed E-state index contributed by atoms with van der Waals surface area (Å²) in [6.45, 7) is 1.41. The van der Waals surface area contributed by atoms with Crippen molar-refractivity contribution in [1.82, 2.24) is 10.6 Å². The van der Waals surface area contributed by atoms with E-state index >= 15 is 0 Å². The van der Waals surface area contributed by atoms with Gasteiger partial charge in [0.2, 0.25) is 5.91 Å². The van der Waals surface area contributed by atoms with Crippen LogP contribution in [0.1, 0.15) is 24.5 Å². The van der Waals surface area contributed by atoms with Crippen LogP contribution in [0, 0.1) is 0 Å². The van der Waals surface area contributed by atoms with Crippen molar-refractivity contribution in [2.24, 2.45) is 0 Å². The molecular formula is C14H20N2O2. The fraction of sp³-hybridized carbons (Fsp3) is 0.500. The molecule has 1 aliphatic heterocycles. The predicted molar refractivity (Wildman–Crippen MR) is 70.2 cm³/mol. The summed E-state index contributed by atoms with van der Waals surface area (Å²) in [4.78, 5) is 11.7. The molecule has 2 atom stereocenters. The van der Waals surface area contributed by atoms with Crippen LogP contribution in [0.3, 0.4) is 0 Å². The lowest BCUT2D eigenvalue weighted by molar-refractivity contribution is -0.122. The molecule has 0 spiro atoms. The highest BCUT2D eigenvalue weighted by molar-refractivity contribution is 5.76. The van der Waals surface area contributed by atoms with E-state index in [1.165, 1.54) is 0 Å². The SMILES string of the molecule is CNCCC(=O)NC1CCOC1c1ccccc1. The molecule has 1 fully saturated rings. The Morgan fingerprint density at radius 1 is 1.39 bits per heavy atom. The van der Waals surface area contributed by atoms with Gasteiger partial charge in [-0.2, -0.15) is 0 Å². The summed E-state index contributed by atoms with van der Waals surface area (Å²) in [5.41, 5.74) is 1.13.